The fourth-order valence-corrected chi connectivity index (χ4v) is 2.85. The van der Waals surface area contributed by atoms with E-state index in [1.165, 1.54) is 0 Å². The Balaban J connectivity index is 4.04. The number of carboxylic acid groups (broad SMARTS) is 1. The molecule has 0 heterocycles. The van der Waals surface area contributed by atoms with Crippen LogP contribution in [0.3, 0.4) is 0 Å². The summed E-state index contributed by atoms with van der Waals surface area (Å²) in [6.45, 7) is 8.14. The summed E-state index contributed by atoms with van der Waals surface area (Å²) in [7, 11) is 1.70. The van der Waals surface area contributed by atoms with E-state index in [-0.39, 0.29) is 6.42 Å². The molecule has 1 atom stereocenters. The van der Waals surface area contributed by atoms with Crippen LogP contribution in [-0.4, -0.2) is 68.2 Å². The second kappa shape index (κ2) is 18.0. The number of unbranched alkanes of at least 4 members (excludes halogenated alkanes) is 4. The van der Waals surface area contributed by atoms with Gasteiger partial charge in [0, 0.05) is 26.7 Å². The summed E-state index contributed by atoms with van der Waals surface area (Å²) < 4.78 is 15.5. The lowest BCUT2D eigenvalue weighted by atomic mass is 10.0. The minimum Gasteiger partial charge on any atom is -0.481 e. The van der Waals surface area contributed by atoms with E-state index in [1.807, 2.05) is 0 Å². The zero-order valence-corrected chi connectivity index (χ0v) is 17.4. The Kier molecular flexibility index (Phi) is 17.1. The monoisotopic (exact) mass is 389 g/mol. The van der Waals surface area contributed by atoms with E-state index < -0.39 is 18.2 Å². The first-order valence-corrected chi connectivity index (χ1v) is 10.3. The van der Waals surface area contributed by atoms with Gasteiger partial charge in [0.2, 0.25) is 0 Å². The molecule has 0 bridgehead atoms. The van der Waals surface area contributed by atoms with Gasteiger partial charge in [-0.1, -0.05) is 33.1 Å². The first-order chi connectivity index (χ1) is 13.0. The van der Waals surface area contributed by atoms with Crippen LogP contribution < -0.4 is 0 Å². The molecule has 0 aromatic rings. The number of aliphatic carboxylic acids is 1. The normalized spacial score (nSPS) is 12.1. The lowest BCUT2D eigenvalue weighted by molar-refractivity contribution is -0.137. The van der Waals surface area contributed by atoms with Crippen LogP contribution in [0, 0.1) is 0 Å². The van der Waals surface area contributed by atoms with Gasteiger partial charge in [-0.15, -0.1) is 0 Å². The smallest absolute Gasteiger partial charge is 0.481 e. The van der Waals surface area contributed by atoms with Crippen LogP contribution in [0.1, 0.15) is 71.6 Å². The number of hydrogen-bond acceptors (Lipinski definition) is 6. The van der Waals surface area contributed by atoms with Gasteiger partial charge in [-0.2, -0.15) is 0 Å². The van der Waals surface area contributed by atoms with Crippen LogP contribution >= 0.6 is 0 Å². The number of rotatable bonds is 18. The van der Waals surface area contributed by atoms with Gasteiger partial charge in [0.1, 0.15) is 6.10 Å². The Labute approximate surface area is 164 Å². The number of methoxy groups -OCH3 is 1. The van der Waals surface area contributed by atoms with E-state index in [0.29, 0.717) is 19.4 Å². The summed E-state index contributed by atoms with van der Waals surface area (Å²) in [5.74, 6) is -0.879. The molecule has 0 spiro atoms. The highest BCUT2D eigenvalue weighted by Gasteiger charge is 2.17. The molecule has 1 unspecified atom stereocenters. The highest BCUT2D eigenvalue weighted by molar-refractivity contribution is 5.66. The van der Waals surface area contributed by atoms with Crippen LogP contribution in [0.2, 0.25) is 0 Å². The molecule has 0 aliphatic rings. The molecule has 0 saturated carbocycles. The van der Waals surface area contributed by atoms with Crippen molar-refractivity contribution in [1.82, 2.24) is 4.90 Å². The molecular formula is C20H39NO6. The molecular weight excluding hydrogens is 350 g/mol. The first kappa shape index (κ1) is 25.7. The average Bonchev–Trinajstić information content (AvgIpc) is 2.65. The van der Waals surface area contributed by atoms with E-state index in [2.05, 4.69) is 18.7 Å². The van der Waals surface area contributed by atoms with Crippen LogP contribution in [-0.2, 0) is 19.0 Å². The molecule has 1 N–H and O–H groups in total. The standard InChI is InChI=1S/C20H39NO6/c1-4-21(5-2)15-11-17-26-20(24)27-18(13-14-19(22)23)12-9-7-6-8-10-16-25-3/h18H,4-17H2,1-3H3,(H,22,23). The van der Waals surface area contributed by atoms with E-state index in [0.717, 1.165) is 64.8 Å². The molecule has 0 radical (unpaired) electrons. The maximum atomic E-state index is 11.9. The SMILES string of the molecule is CCN(CC)CCCOC(=O)OC(CCCCCCCOC)CCC(=O)O. The molecule has 27 heavy (non-hydrogen) atoms. The Morgan fingerprint density at radius 2 is 1.59 bits per heavy atom. The molecule has 7 nitrogen and oxygen atoms in total. The van der Waals surface area contributed by atoms with Gasteiger partial charge in [-0.3, -0.25) is 4.79 Å². The van der Waals surface area contributed by atoms with Crippen LogP contribution in [0.25, 0.3) is 0 Å². The lowest BCUT2D eigenvalue weighted by Gasteiger charge is -2.19. The average molecular weight is 390 g/mol. The van der Waals surface area contributed by atoms with Gasteiger partial charge in [-0.05, 0) is 45.2 Å². The molecule has 0 aliphatic heterocycles. The third-order valence-electron chi connectivity index (χ3n) is 4.55. The number of nitrogens with zero attached hydrogens (tertiary/aromatic N) is 1. The highest BCUT2D eigenvalue weighted by Crippen LogP contribution is 2.15. The van der Waals surface area contributed by atoms with Crippen molar-refractivity contribution in [2.75, 3.05) is 40.0 Å². The van der Waals surface area contributed by atoms with Crippen molar-refractivity contribution in [2.45, 2.75) is 77.7 Å². The van der Waals surface area contributed by atoms with Crippen molar-refractivity contribution in [1.29, 1.82) is 0 Å². The number of carbonyl (C=O) groups excluding carboxylic acids is 1. The molecule has 0 aliphatic carbocycles. The molecule has 0 aromatic carbocycles. The van der Waals surface area contributed by atoms with Gasteiger partial charge < -0.3 is 24.2 Å². The Morgan fingerprint density at radius 3 is 2.22 bits per heavy atom. The third-order valence-corrected chi connectivity index (χ3v) is 4.55. The molecule has 0 fully saturated rings. The maximum Gasteiger partial charge on any atom is 0.508 e. The van der Waals surface area contributed by atoms with E-state index >= 15 is 0 Å². The zero-order chi connectivity index (χ0) is 20.3. The summed E-state index contributed by atoms with van der Waals surface area (Å²) in [5.41, 5.74) is 0. The van der Waals surface area contributed by atoms with Gasteiger partial charge in [-0.25, -0.2) is 4.79 Å². The fraction of sp³-hybridized carbons (Fsp3) is 0.900. The quantitative estimate of drug-likeness (QED) is 0.279. The predicted molar refractivity (Wildman–Crippen MR) is 105 cm³/mol. The highest BCUT2D eigenvalue weighted by atomic mass is 16.7. The number of hydrogen-bond donors (Lipinski definition) is 1. The molecule has 0 aromatic heterocycles. The van der Waals surface area contributed by atoms with Crippen LogP contribution in [0.5, 0.6) is 0 Å². The van der Waals surface area contributed by atoms with Crippen molar-refractivity contribution >= 4 is 12.1 Å². The second-order valence-electron chi connectivity index (χ2n) is 6.70. The largest absolute Gasteiger partial charge is 0.508 e. The predicted octanol–water partition coefficient (Wildman–Crippen LogP) is 4.09. The second-order valence-corrected chi connectivity index (χ2v) is 6.70. The van der Waals surface area contributed by atoms with Gasteiger partial charge in [0.25, 0.3) is 0 Å². The van der Waals surface area contributed by atoms with E-state index in [4.69, 9.17) is 19.3 Å². The van der Waals surface area contributed by atoms with E-state index in [1.54, 1.807) is 7.11 Å². The van der Waals surface area contributed by atoms with Crippen molar-refractivity contribution in [3.05, 3.63) is 0 Å². The minimum absolute atomic E-state index is 0.00620. The number of carbonyl (C=O) groups is 2. The van der Waals surface area contributed by atoms with Crippen molar-refractivity contribution in [3.8, 4) is 0 Å². The topological polar surface area (TPSA) is 85.3 Å². The molecule has 0 rings (SSSR count). The lowest BCUT2D eigenvalue weighted by Crippen LogP contribution is -2.26. The Bertz CT molecular complexity index is 373. The molecule has 0 saturated heterocycles. The first-order valence-electron chi connectivity index (χ1n) is 10.3. The summed E-state index contributed by atoms with van der Waals surface area (Å²) in [4.78, 5) is 24.9. The summed E-state index contributed by atoms with van der Waals surface area (Å²) >= 11 is 0. The van der Waals surface area contributed by atoms with Gasteiger partial charge >= 0.3 is 12.1 Å². The summed E-state index contributed by atoms with van der Waals surface area (Å²) in [5, 5.41) is 8.87. The molecule has 7 heteroatoms. The van der Waals surface area contributed by atoms with Crippen molar-refractivity contribution in [3.63, 3.8) is 0 Å². The van der Waals surface area contributed by atoms with Crippen molar-refractivity contribution in [2.24, 2.45) is 0 Å². The summed E-state index contributed by atoms with van der Waals surface area (Å²) in [6, 6.07) is 0. The third kappa shape index (κ3) is 16.6. The summed E-state index contributed by atoms with van der Waals surface area (Å²) in [6.07, 6.45) is 5.89. The van der Waals surface area contributed by atoms with Gasteiger partial charge in [0.05, 0.1) is 6.61 Å². The van der Waals surface area contributed by atoms with Crippen molar-refractivity contribution < 1.29 is 28.9 Å². The number of ether oxygens (including phenoxy) is 3. The Hall–Kier alpha value is -1.34. The maximum absolute atomic E-state index is 11.9. The molecule has 160 valence electrons. The fourth-order valence-electron chi connectivity index (χ4n) is 2.85. The minimum atomic E-state index is -0.879. The van der Waals surface area contributed by atoms with Crippen LogP contribution in [0.15, 0.2) is 0 Å². The van der Waals surface area contributed by atoms with E-state index in [9.17, 15) is 9.59 Å². The number of carboxylic acids is 1. The zero-order valence-electron chi connectivity index (χ0n) is 17.4. The van der Waals surface area contributed by atoms with Crippen LogP contribution in [0.4, 0.5) is 4.79 Å². The van der Waals surface area contributed by atoms with Gasteiger partial charge in [0.15, 0.2) is 0 Å². The molecule has 0 amide bonds. The Morgan fingerprint density at radius 1 is 0.926 bits per heavy atom.